The maximum atomic E-state index is 11.2. The third-order valence-electron chi connectivity index (χ3n) is 1.98. The fourth-order valence-electron chi connectivity index (χ4n) is 0.975. The van der Waals surface area contributed by atoms with Crippen LogP contribution >= 0.6 is 0 Å². The van der Waals surface area contributed by atoms with E-state index in [-0.39, 0.29) is 9.83 Å². The molecule has 0 aliphatic rings. The normalized spacial score (nSPS) is 12.5. The molecule has 1 atom stereocenters. The van der Waals surface area contributed by atoms with Crippen molar-refractivity contribution in [3.05, 3.63) is 0 Å². The summed E-state index contributed by atoms with van der Waals surface area (Å²) in [6.07, 6.45) is 5.61. The Morgan fingerprint density at radius 3 is 2.54 bits per heavy atom. The van der Waals surface area contributed by atoms with Gasteiger partial charge in [0, 0.05) is 0 Å². The van der Waals surface area contributed by atoms with Crippen LogP contribution in [0.5, 0.6) is 0 Å². The third-order valence-corrected chi connectivity index (χ3v) is 4.11. The Morgan fingerprint density at radius 2 is 2.00 bits per heavy atom. The SMILES string of the molecule is CCCCCCOC(=O)[CH]([SbH2])CC. The van der Waals surface area contributed by atoms with E-state index in [2.05, 4.69) is 6.92 Å². The first-order valence-corrected chi connectivity index (χ1v) is 7.04. The van der Waals surface area contributed by atoms with E-state index in [0.29, 0.717) is 6.61 Å². The molecule has 0 aromatic rings. The maximum absolute atomic E-state index is 11.2. The summed E-state index contributed by atoms with van der Waals surface area (Å²) in [6.45, 7) is 4.83. The monoisotopic (exact) mass is 294 g/mol. The van der Waals surface area contributed by atoms with Gasteiger partial charge in [0.05, 0.1) is 0 Å². The van der Waals surface area contributed by atoms with Crippen LogP contribution in [0.25, 0.3) is 0 Å². The van der Waals surface area contributed by atoms with Gasteiger partial charge in [0.2, 0.25) is 0 Å². The molecule has 0 aromatic carbocycles. The van der Waals surface area contributed by atoms with Crippen molar-refractivity contribution < 1.29 is 9.53 Å². The molecular weight excluding hydrogens is 274 g/mol. The van der Waals surface area contributed by atoms with Crippen LogP contribution < -0.4 is 0 Å². The van der Waals surface area contributed by atoms with Crippen molar-refractivity contribution in [2.24, 2.45) is 0 Å². The number of carbonyl (C=O) groups is 1. The Kier molecular flexibility index (Phi) is 9.06. The molecule has 78 valence electrons. The molecule has 0 spiro atoms. The number of esters is 1. The molecule has 0 aliphatic heterocycles. The van der Waals surface area contributed by atoms with Gasteiger partial charge in [0.1, 0.15) is 0 Å². The second-order valence-corrected chi connectivity index (χ2v) is 5.54. The molecular formula is C10H21O2Sb. The number of hydrogen-bond acceptors (Lipinski definition) is 2. The Labute approximate surface area is 94.9 Å². The minimum atomic E-state index is 0.0152. The van der Waals surface area contributed by atoms with Gasteiger partial charge in [-0.2, -0.15) is 0 Å². The van der Waals surface area contributed by atoms with Gasteiger partial charge in [-0.05, 0) is 0 Å². The van der Waals surface area contributed by atoms with E-state index in [9.17, 15) is 4.79 Å². The van der Waals surface area contributed by atoms with Crippen LogP contribution in [0.15, 0.2) is 0 Å². The molecule has 13 heavy (non-hydrogen) atoms. The second-order valence-electron chi connectivity index (χ2n) is 3.24. The Morgan fingerprint density at radius 1 is 1.31 bits per heavy atom. The number of carbonyl (C=O) groups excluding carboxylic acids is 1. The standard InChI is InChI=1S/C10H19O2.Sb.2H/c1-3-5-6-7-9-12-10(11)8-4-2;;;/h8H,3-7,9H2,1-2H3;;;. The van der Waals surface area contributed by atoms with Crippen molar-refractivity contribution >= 4 is 29.0 Å². The van der Waals surface area contributed by atoms with Crippen molar-refractivity contribution in [1.29, 1.82) is 0 Å². The summed E-state index contributed by atoms with van der Waals surface area (Å²) in [5, 5.41) is 0. The first-order chi connectivity index (χ1) is 6.22. The van der Waals surface area contributed by atoms with Gasteiger partial charge in [-0.1, -0.05) is 0 Å². The molecule has 0 saturated carbocycles. The van der Waals surface area contributed by atoms with Gasteiger partial charge in [0.25, 0.3) is 0 Å². The molecule has 3 heteroatoms. The number of unbranched alkanes of at least 4 members (excludes halogenated alkanes) is 3. The Balaban J connectivity index is 3.27. The zero-order chi connectivity index (χ0) is 10.1. The van der Waals surface area contributed by atoms with Crippen LogP contribution in [-0.4, -0.2) is 35.6 Å². The van der Waals surface area contributed by atoms with E-state index in [1.807, 2.05) is 6.92 Å². The van der Waals surface area contributed by atoms with Gasteiger partial charge >= 0.3 is 94.9 Å². The molecule has 0 fully saturated rings. The summed E-state index contributed by atoms with van der Waals surface area (Å²) in [5.74, 6) is 0.0152. The van der Waals surface area contributed by atoms with Gasteiger partial charge < -0.3 is 0 Å². The van der Waals surface area contributed by atoms with Gasteiger partial charge in [-0.15, -0.1) is 0 Å². The first-order valence-electron chi connectivity index (χ1n) is 5.14. The van der Waals surface area contributed by atoms with Crippen LogP contribution in [0, 0.1) is 0 Å². The number of hydrogen-bond donors (Lipinski definition) is 0. The van der Waals surface area contributed by atoms with Crippen molar-refractivity contribution in [2.75, 3.05) is 6.61 Å². The van der Waals surface area contributed by atoms with Crippen LogP contribution in [0.1, 0.15) is 46.0 Å². The van der Waals surface area contributed by atoms with Gasteiger partial charge in [0.15, 0.2) is 0 Å². The predicted molar refractivity (Wildman–Crippen MR) is 57.7 cm³/mol. The Bertz CT molecular complexity index is 137. The quantitative estimate of drug-likeness (QED) is 0.407. The van der Waals surface area contributed by atoms with E-state index < -0.39 is 0 Å². The van der Waals surface area contributed by atoms with Gasteiger partial charge in [-0.25, -0.2) is 0 Å². The summed E-state index contributed by atoms with van der Waals surface area (Å²) in [6, 6.07) is 0. The molecule has 0 amide bonds. The first kappa shape index (κ1) is 13.3. The summed E-state index contributed by atoms with van der Waals surface area (Å²) in [4.78, 5) is 11.2. The average molecular weight is 295 g/mol. The van der Waals surface area contributed by atoms with Crippen LogP contribution in [0.4, 0.5) is 0 Å². The van der Waals surface area contributed by atoms with Crippen molar-refractivity contribution in [3.63, 3.8) is 0 Å². The van der Waals surface area contributed by atoms with E-state index >= 15 is 0 Å². The van der Waals surface area contributed by atoms with Crippen LogP contribution in [-0.2, 0) is 9.53 Å². The fourth-order valence-corrected chi connectivity index (χ4v) is 1.25. The summed E-state index contributed by atoms with van der Waals surface area (Å²) in [7, 11) is 0. The van der Waals surface area contributed by atoms with E-state index in [1.165, 1.54) is 19.3 Å². The molecule has 0 aromatic heterocycles. The molecule has 0 radical (unpaired) electrons. The molecule has 2 nitrogen and oxygen atoms in total. The number of rotatable bonds is 7. The van der Waals surface area contributed by atoms with E-state index in [0.717, 1.165) is 35.9 Å². The molecule has 0 N–H and O–H groups in total. The van der Waals surface area contributed by atoms with Crippen LogP contribution in [0.2, 0.25) is 3.86 Å². The topological polar surface area (TPSA) is 26.3 Å². The molecule has 1 unspecified atom stereocenters. The van der Waals surface area contributed by atoms with E-state index in [4.69, 9.17) is 4.74 Å². The summed E-state index contributed by atoms with van der Waals surface area (Å²) in [5.41, 5.74) is 0. The Hall–Kier alpha value is 0.288. The molecule has 0 rings (SSSR count). The van der Waals surface area contributed by atoms with Crippen LogP contribution in [0.3, 0.4) is 0 Å². The van der Waals surface area contributed by atoms with E-state index in [1.54, 1.807) is 0 Å². The minimum absolute atomic E-state index is 0.0152. The molecule has 0 bridgehead atoms. The fraction of sp³-hybridized carbons (Fsp3) is 0.900. The molecule has 0 aliphatic carbocycles. The molecule has 0 heterocycles. The summed E-state index contributed by atoms with van der Waals surface area (Å²) < 4.78 is 5.33. The zero-order valence-corrected chi connectivity index (χ0v) is 12.0. The van der Waals surface area contributed by atoms with Crippen molar-refractivity contribution in [3.8, 4) is 0 Å². The van der Waals surface area contributed by atoms with Crippen molar-refractivity contribution in [2.45, 2.75) is 49.8 Å². The molecule has 0 saturated heterocycles. The second kappa shape index (κ2) is 8.87. The number of ether oxygens (including phenoxy) is 1. The predicted octanol–water partition coefficient (Wildman–Crippen LogP) is 1.94. The third kappa shape index (κ3) is 7.37. The average Bonchev–Trinajstić information content (AvgIpc) is 2.16. The zero-order valence-electron chi connectivity index (χ0n) is 8.71. The van der Waals surface area contributed by atoms with Gasteiger partial charge in [-0.3, -0.25) is 0 Å². The van der Waals surface area contributed by atoms with Crippen molar-refractivity contribution in [1.82, 2.24) is 0 Å². The summed E-state index contributed by atoms with van der Waals surface area (Å²) >= 11 is 0.982.